The van der Waals surface area contributed by atoms with Gasteiger partial charge in [0.05, 0.1) is 6.21 Å². The van der Waals surface area contributed by atoms with E-state index >= 15 is 0 Å². The molecule has 0 unspecified atom stereocenters. The van der Waals surface area contributed by atoms with E-state index in [-0.39, 0.29) is 0 Å². The minimum Gasteiger partial charge on any atom is -0.460 e. The van der Waals surface area contributed by atoms with E-state index < -0.39 is 0 Å². The van der Waals surface area contributed by atoms with Gasteiger partial charge in [0.25, 0.3) is 5.95 Å². The summed E-state index contributed by atoms with van der Waals surface area (Å²) in [6.07, 6.45) is 1.56. The summed E-state index contributed by atoms with van der Waals surface area (Å²) >= 11 is 0. The Morgan fingerprint density at radius 3 is 2.95 bits per heavy atom. The molecule has 2 N–H and O–H groups in total. The highest BCUT2D eigenvalue weighted by molar-refractivity contribution is 6.03. The van der Waals surface area contributed by atoms with E-state index in [1.165, 1.54) is 0 Å². The van der Waals surface area contributed by atoms with Crippen LogP contribution in [0.1, 0.15) is 11.5 Å². The Kier molecular flexibility index (Phi) is 2.82. The Labute approximate surface area is 125 Å². The van der Waals surface area contributed by atoms with Gasteiger partial charge in [-0.3, -0.25) is 0 Å². The molecule has 4 rings (SSSR count). The van der Waals surface area contributed by atoms with Crippen LogP contribution in [0, 0.1) is 6.92 Å². The minimum absolute atomic E-state index is 0.318. The summed E-state index contributed by atoms with van der Waals surface area (Å²) in [4.78, 5) is 7.57. The Morgan fingerprint density at radius 2 is 2.09 bits per heavy atom. The maximum atomic E-state index is 5.38. The number of benzene rings is 1. The molecule has 0 saturated heterocycles. The van der Waals surface area contributed by atoms with Crippen LogP contribution < -0.4 is 5.43 Å². The zero-order valence-corrected chi connectivity index (χ0v) is 11.7. The summed E-state index contributed by atoms with van der Waals surface area (Å²) < 4.78 is 5.38. The predicted octanol–water partition coefficient (Wildman–Crippen LogP) is 2.85. The number of nitrogens with one attached hydrogen (secondary N) is 2. The van der Waals surface area contributed by atoms with Gasteiger partial charge in [-0.1, -0.05) is 18.2 Å². The highest BCUT2D eigenvalue weighted by Crippen LogP contribution is 2.21. The molecule has 7 heteroatoms. The highest BCUT2D eigenvalue weighted by atomic mass is 16.3. The molecule has 0 radical (unpaired) electrons. The first kappa shape index (κ1) is 12.5. The van der Waals surface area contributed by atoms with Crippen molar-refractivity contribution in [3.05, 3.63) is 47.9 Å². The molecule has 1 aromatic carbocycles. The number of anilines is 1. The van der Waals surface area contributed by atoms with Crippen LogP contribution in [-0.2, 0) is 0 Å². The molecule has 7 nitrogen and oxygen atoms in total. The summed E-state index contributed by atoms with van der Waals surface area (Å²) in [5.74, 6) is 1.81. The van der Waals surface area contributed by atoms with Gasteiger partial charge in [-0.25, -0.2) is 5.43 Å². The van der Waals surface area contributed by atoms with E-state index in [9.17, 15) is 0 Å². The van der Waals surface area contributed by atoms with E-state index in [0.29, 0.717) is 17.4 Å². The Morgan fingerprint density at radius 1 is 1.18 bits per heavy atom. The molecule has 0 spiro atoms. The van der Waals surface area contributed by atoms with Crippen LogP contribution in [0.4, 0.5) is 5.95 Å². The molecule has 0 fully saturated rings. The summed E-state index contributed by atoms with van der Waals surface area (Å²) in [5, 5.41) is 13.3. The van der Waals surface area contributed by atoms with Crippen molar-refractivity contribution < 1.29 is 4.42 Å². The van der Waals surface area contributed by atoms with Crippen molar-refractivity contribution in [1.82, 2.24) is 20.2 Å². The summed E-state index contributed by atoms with van der Waals surface area (Å²) in [6, 6.07) is 11.6. The number of fused-ring (bicyclic) bond motifs is 3. The zero-order chi connectivity index (χ0) is 14.9. The molecule has 22 heavy (non-hydrogen) atoms. The van der Waals surface area contributed by atoms with Crippen LogP contribution in [0.15, 0.2) is 45.9 Å². The van der Waals surface area contributed by atoms with Gasteiger partial charge in [0, 0.05) is 10.9 Å². The lowest BCUT2D eigenvalue weighted by molar-refractivity contribution is 0.528. The lowest BCUT2D eigenvalue weighted by Gasteiger charge is -1.96. The maximum Gasteiger partial charge on any atom is 0.265 e. The summed E-state index contributed by atoms with van der Waals surface area (Å²) in [7, 11) is 0. The average molecular weight is 292 g/mol. The SMILES string of the molecule is Cc1ccc(C=NNc2nnc3c(n2)[nH]c2ccccc23)o1. The van der Waals surface area contributed by atoms with E-state index in [1.54, 1.807) is 6.21 Å². The first-order chi connectivity index (χ1) is 10.8. The second-order valence-corrected chi connectivity index (χ2v) is 4.82. The molecule has 0 amide bonds. The average Bonchev–Trinajstić information content (AvgIpc) is 3.10. The number of aromatic nitrogens is 4. The number of hydrogen-bond donors (Lipinski definition) is 2. The van der Waals surface area contributed by atoms with Gasteiger partial charge in [-0.05, 0) is 25.1 Å². The smallest absolute Gasteiger partial charge is 0.265 e. The molecule has 0 atom stereocenters. The molecule has 0 aliphatic heterocycles. The Hall–Kier alpha value is -3.22. The molecule has 0 saturated carbocycles. The normalized spacial score (nSPS) is 11.7. The van der Waals surface area contributed by atoms with Gasteiger partial charge >= 0.3 is 0 Å². The lowest BCUT2D eigenvalue weighted by Crippen LogP contribution is -1.98. The predicted molar refractivity (Wildman–Crippen MR) is 83.9 cm³/mol. The fourth-order valence-electron chi connectivity index (χ4n) is 2.24. The van der Waals surface area contributed by atoms with Gasteiger partial charge in [-0.2, -0.15) is 10.1 Å². The van der Waals surface area contributed by atoms with Gasteiger partial charge in [0.2, 0.25) is 0 Å². The fourth-order valence-corrected chi connectivity index (χ4v) is 2.24. The van der Waals surface area contributed by atoms with Gasteiger partial charge in [-0.15, -0.1) is 10.2 Å². The van der Waals surface area contributed by atoms with Crippen molar-refractivity contribution in [3.8, 4) is 0 Å². The number of hydrazone groups is 1. The standard InChI is InChI=1S/C15H12N6O/c1-9-6-7-10(22-9)8-16-20-15-18-14-13(19-21-15)11-4-2-3-5-12(11)17-14/h2-8H,1H3,(H2,17,18,20,21). The zero-order valence-electron chi connectivity index (χ0n) is 11.7. The quantitative estimate of drug-likeness (QED) is 0.447. The number of aryl methyl sites for hydroxylation is 1. The van der Waals surface area contributed by atoms with Crippen molar-refractivity contribution in [2.75, 3.05) is 5.43 Å². The molecule has 0 aliphatic rings. The first-order valence-corrected chi connectivity index (χ1v) is 6.76. The van der Waals surface area contributed by atoms with E-state index in [1.807, 2.05) is 43.3 Å². The van der Waals surface area contributed by atoms with Crippen molar-refractivity contribution >= 4 is 34.2 Å². The van der Waals surface area contributed by atoms with Crippen LogP contribution in [-0.4, -0.2) is 26.4 Å². The second-order valence-electron chi connectivity index (χ2n) is 4.82. The van der Waals surface area contributed by atoms with Crippen molar-refractivity contribution in [2.45, 2.75) is 6.92 Å². The van der Waals surface area contributed by atoms with E-state index in [2.05, 4.69) is 30.7 Å². The molecule has 0 aliphatic carbocycles. The highest BCUT2D eigenvalue weighted by Gasteiger charge is 2.07. The van der Waals surface area contributed by atoms with Crippen LogP contribution in [0.3, 0.4) is 0 Å². The monoisotopic (exact) mass is 292 g/mol. The molecular weight excluding hydrogens is 280 g/mol. The molecule has 108 valence electrons. The Bertz CT molecular complexity index is 984. The third kappa shape index (κ3) is 2.18. The van der Waals surface area contributed by atoms with Gasteiger partial charge in [0.1, 0.15) is 17.0 Å². The molecular formula is C15H12N6O. The summed E-state index contributed by atoms with van der Waals surface area (Å²) in [5.41, 5.74) is 5.13. The molecule has 4 aromatic rings. The number of nitrogens with zero attached hydrogens (tertiary/aromatic N) is 4. The first-order valence-electron chi connectivity index (χ1n) is 6.76. The van der Waals surface area contributed by atoms with Crippen LogP contribution in [0.2, 0.25) is 0 Å². The second kappa shape index (κ2) is 4.96. The number of furan rings is 1. The number of rotatable bonds is 3. The van der Waals surface area contributed by atoms with Crippen LogP contribution >= 0.6 is 0 Å². The molecule has 3 aromatic heterocycles. The van der Waals surface area contributed by atoms with Crippen molar-refractivity contribution in [2.24, 2.45) is 5.10 Å². The van der Waals surface area contributed by atoms with Crippen LogP contribution in [0.25, 0.3) is 22.1 Å². The fraction of sp³-hybridized carbons (Fsp3) is 0.0667. The Balaban J connectivity index is 1.62. The third-order valence-electron chi connectivity index (χ3n) is 3.24. The molecule has 3 heterocycles. The van der Waals surface area contributed by atoms with Crippen molar-refractivity contribution in [1.29, 1.82) is 0 Å². The third-order valence-corrected chi connectivity index (χ3v) is 3.24. The number of para-hydroxylation sites is 1. The molecule has 0 bridgehead atoms. The van der Waals surface area contributed by atoms with Gasteiger partial charge in [0.15, 0.2) is 5.65 Å². The topological polar surface area (TPSA) is 92.0 Å². The number of hydrogen-bond acceptors (Lipinski definition) is 6. The minimum atomic E-state index is 0.318. The number of H-pyrrole nitrogens is 1. The summed E-state index contributed by atoms with van der Waals surface area (Å²) in [6.45, 7) is 1.88. The van der Waals surface area contributed by atoms with Gasteiger partial charge < -0.3 is 9.40 Å². The lowest BCUT2D eigenvalue weighted by atomic mass is 10.2. The van der Waals surface area contributed by atoms with Crippen LogP contribution in [0.5, 0.6) is 0 Å². The number of aromatic amines is 1. The van der Waals surface area contributed by atoms with Crippen molar-refractivity contribution in [3.63, 3.8) is 0 Å². The largest absolute Gasteiger partial charge is 0.460 e. The maximum absolute atomic E-state index is 5.38. The van der Waals surface area contributed by atoms with E-state index in [4.69, 9.17) is 4.42 Å². The van der Waals surface area contributed by atoms with E-state index in [0.717, 1.165) is 22.2 Å².